The number of carbonyl (C=O) groups is 3. The Morgan fingerprint density at radius 2 is 0.770 bits per heavy atom. The number of benzene rings is 3. The van der Waals surface area contributed by atoms with Crippen molar-refractivity contribution in [1.29, 1.82) is 0 Å². The Kier molecular flexibility index (Phi) is 21.0. The first-order chi connectivity index (χ1) is 34.8. The van der Waals surface area contributed by atoms with E-state index in [4.69, 9.17) is 14.2 Å². The summed E-state index contributed by atoms with van der Waals surface area (Å²) in [6, 6.07) is 22.6. The lowest BCUT2D eigenvalue weighted by molar-refractivity contribution is -0.142. The van der Waals surface area contributed by atoms with E-state index in [9.17, 15) is 53.9 Å². The molecule has 0 saturated heterocycles. The predicted octanol–water partition coefficient (Wildman–Crippen LogP) is 8.91. The molecule has 0 spiro atoms. The van der Waals surface area contributed by atoms with Gasteiger partial charge in [0.25, 0.3) is 0 Å². The van der Waals surface area contributed by atoms with Gasteiger partial charge in [0.15, 0.2) is 17.1 Å². The van der Waals surface area contributed by atoms with E-state index >= 15 is 0 Å². The first-order valence-corrected chi connectivity index (χ1v) is 21.6. The summed E-state index contributed by atoms with van der Waals surface area (Å²) in [7, 11) is 7.02. The van der Waals surface area contributed by atoms with Crippen molar-refractivity contribution in [1.82, 2.24) is 34.8 Å². The summed E-state index contributed by atoms with van der Waals surface area (Å²) in [5, 5.41) is 0. The minimum Gasteiger partial charge on any atom is -0.473 e. The number of hydrogen-bond acceptors (Lipinski definition) is 15. The van der Waals surface area contributed by atoms with Crippen molar-refractivity contribution in [3.63, 3.8) is 0 Å². The zero-order valence-electron chi connectivity index (χ0n) is 40.6. The molecule has 0 atom stereocenters. The van der Waals surface area contributed by atoms with E-state index in [0.717, 1.165) is 24.8 Å². The Morgan fingerprint density at radius 1 is 0.459 bits per heavy atom. The van der Waals surface area contributed by atoms with Crippen LogP contribution in [-0.2, 0) is 81.5 Å². The highest BCUT2D eigenvalue weighted by molar-refractivity contribution is 5.78. The molecule has 0 saturated carbocycles. The van der Waals surface area contributed by atoms with Gasteiger partial charge < -0.3 is 33.3 Å². The van der Waals surface area contributed by atoms with Crippen LogP contribution in [0.3, 0.4) is 0 Å². The standard InChI is InChI=1S/C17H18F3N3O2.C16H15F3N2O4.C16H15F3N2O3/c1-11-21-14(17(18,19)20)9-15(22-11)25-10-13-7-5-4-6-12(13)8-16(24)23(2)3;1-23-14(22)7-10-5-3-4-6-11(10)9-25-13-8-12(16(17,18)19)20-15(21-13)24-2;1-10-20-13(16(17,18)19)8-14(21-10)24-9-12-6-4-3-5-11(12)7-15(22)23-2/h4-7,9H,8,10H2,1-3H3;3-6,8H,7,9H2,1-2H3;3-6,8H,7,9H2,1-2H3. The molecule has 0 aliphatic heterocycles. The fourth-order valence-corrected chi connectivity index (χ4v) is 6.08. The molecule has 3 aromatic heterocycles. The number of alkyl halides is 9. The van der Waals surface area contributed by atoms with Crippen LogP contribution < -0.4 is 18.9 Å². The lowest BCUT2D eigenvalue weighted by Crippen LogP contribution is -2.24. The molecule has 0 bridgehead atoms. The van der Waals surface area contributed by atoms with Crippen LogP contribution in [0.1, 0.15) is 62.1 Å². The van der Waals surface area contributed by atoms with Crippen molar-refractivity contribution in [2.75, 3.05) is 35.4 Å². The van der Waals surface area contributed by atoms with Crippen LogP contribution in [-0.4, -0.2) is 88.1 Å². The van der Waals surface area contributed by atoms with Crippen molar-refractivity contribution < 1.29 is 82.3 Å². The molecule has 0 N–H and O–H groups in total. The van der Waals surface area contributed by atoms with Crippen molar-refractivity contribution in [3.8, 4) is 23.7 Å². The van der Waals surface area contributed by atoms with E-state index in [0.29, 0.717) is 33.9 Å². The Hall–Kier alpha value is -8.12. The molecule has 0 unspecified atom stereocenters. The quantitative estimate of drug-likeness (QED) is 0.0660. The van der Waals surface area contributed by atoms with Crippen LogP contribution in [0, 0.1) is 13.8 Å². The maximum Gasteiger partial charge on any atom is 0.433 e. The average molecular weight is 1050 g/mol. The molecule has 0 fully saturated rings. The minimum atomic E-state index is -4.66. The Bertz CT molecular complexity index is 2850. The maximum absolute atomic E-state index is 12.8. The molecule has 396 valence electrons. The van der Waals surface area contributed by atoms with Crippen LogP contribution in [0.5, 0.6) is 23.7 Å². The summed E-state index contributed by atoms with van der Waals surface area (Å²) in [6.45, 7) is 2.62. The van der Waals surface area contributed by atoms with E-state index in [2.05, 4.69) is 44.1 Å². The summed E-state index contributed by atoms with van der Waals surface area (Å²) in [5.74, 6) is -1.62. The topological polar surface area (TPSA) is 187 Å². The fourth-order valence-electron chi connectivity index (χ4n) is 6.08. The second-order valence-corrected chi connectivity index (χ2v) is 15.5. The molecule has 1 amide bonds. The van der Waals surface area contributed by atoms with Crippen LogP contribution in [0.25, 0.3) is 0 Å². The SMILES string of the molecule is COC(=O)Cc1ccccc1COc1cc(C(F)(F)F)nc(C)n1.COC(=O)Cc1ccccc1COc1cc(C(F)(F)F)nc(OC)n1.Cc1nc(OCc2ccccc2CC(=O)N(C)C)cc(C(F)(F)F)n1. The van der Waals surface area contributed by atoms with E-state index in [1.807, 2.05) is 0 Å². The van der Waals surface area contributed by atoms with E-state index in [1.165, 1.54) is 33.0 Å². The smallest absolute Gasteiger partial charge is 0.433 e. The second-order valence-electron chi connectivity index (χ2n) is 15.5. The van der Waals surface area contributed by atoms with E-state index in [-0.39, 0.29) is 74.3 Å². The van der Waals surface area contributed by atoms with Crippen LogP contribution in [0.4, 0.5) is 39.5 Å². The van der Waals surface area contributed by atoms with Gasteiger partial charge in [0.2, 0.25) is 23.5 Å². The third-order valence-corrected chi connectivity index (χ3v) is 9.81. The Balaban J connectivity index is 0.000000240. The van der Waals surface area contributed by atoms with Gasteiger partial charge in [-0.1, -0.05) is 72.8 Å². The normalized spacial score (nSPS) is 11.2. The number of halogens is 9. The van der Waals surface area contributed by atoms with Crippen molar-refractivity contribution in [3.05, 3.63) is 153 Å². The third kappa shape index (κ3) is 18.8. The molecule has 3 heterocycles. The van der Waals surface area contributed by atoms with Gasteiger partial charge in [0.05, 0.1) is 40.6 Å². The van der Waals surface area contributed by atoms with Gasteiger partial charge >= 0.3 is 36.5 Å². The Labute approximate surface area is 417 Å². The molecule has 0 radical (unpaired) electrons. The highest BCUT2D eigenvalue weighted by Gasteiger charge is 2.36. The molecule has 6 aromatic rings. The summed E-state index contributed by atoms with van der Waals surface area (Å²) in [5.41, 5.74) is 0.783. The molecule has 0 aliphatic rings. The molecule has 0 aliphatic carbocycles. The fraction of sp³-hybridized carbons (Fsp3) is 0.327. The molecule has 16 nitrogen and oxygen atoms in total. The highest BCUT2D eigenvalue weighted by atomic mass is 19.4. The first kappa shape index (κ1) is 58.5. The third-order valence-electron chi connectivity index (χ3n) is 9.81. The van der Waals surface area contributed by atoms with Gasteiger partial charge in [-0.25, -0.2) is 9.97 Å². The zero-order chi connectivity index (χ0) is 54.8. The van der Waals surface area contributed by atoms with Gasteiger partial charge in [-0.15, -0.1) is 0 Å². The number of aryl methyl sites for hydroxylation is 2. The number of hydrogen-bond donors (Lipinski definition) is 0. The summed E-state index contributed by atoms with van der Waals surface area (Å²) >= 11 is 0. The molecule has 25 heteroatoms. The van der Waals surface area contributed by atoms with Gasteiger partial charge in [-0.3, -0.25) is 14.4 Å². The molecule has 3 aromatic carbocycles. The van der Waals surface area contributed by atoms with Gasteiger partial charge in [0.1, 0.15) is 31.5 Å². The van der Waals surface area contributed by atoms with Gasteiger partial charge in [0, 0.05) is 32.3 Å². The summed E-state index contributed by atoms with van der Waals surface area (Å²) in [4.78, 5) is 57.6. The molecule has 74 heavy (non-hydrogen) atoms. The lowest BCUT2D eigenvalue weighted by atomic mass is 10.0. The first-order valence-electron chi connectivity index (χ1n) is 21.6. The van der Waals surface area contributed by atoms with Crippen molar-refractivity contribution in [2.45, 2.75) is 71.5 Å². The number of amides is 1. The number of aromatic nitrogens is 6. The number of ether oxygens (including phenoxy) is 6. The Morgan fingerprint density at radius 3 is 1.08 bits per heavy atom. The zero-order valence-corrected chi connectivity index (χ0v) is 40.6. The van der Waals surface area contributed by atoms with E-state index < -0.39 is 53.6 Å². The number of likely N-dealkylation sites (N-methyl/N-ethyl adjacent to an activating group) is 1. The van der Waals surface area contributed by atoms with Gasteiger partial charge in [-0.05, 0) is 47.2 Å². The molecule has 6 rings (SSSR count). The maximum atomic E-state index is 12.8. The number of carbonyl (C=O) groups excluding carboxylic acids is 3. The number of esters is 2. The minimum absolute atomic E-state index is 0.00460. The second kappa shape index (κ2) is 26.5. The van der Waals surface area contributed by atoms with Crippen LogP contribution in [0.2, 0.25) is 0 Å². The van der Waals surface area contributed by atoms with Gasteiger partial charge in [-0.2, -0.15) is 59.4 Å². The van der Waals surface area contributed by atoms with E-state index in [1.54, 1.807) is 86.9 Å². The monoisotopic (exact) mass is 1050 g/mol. The van der Waals surface area contributed by atoms with Crippen LogP contribution in [0.15, 0.2) is 91.0 Å². The number of nitrogens with zero attached hydrogens (tertiary/aromatic N) is 7. The summed E-state index contributed by atoms with van der Waals surface area (Å²) in [6.07, 6.45) is -13.5. The highest BCUT2D eigenvalue weighted by Crippen LogP contribution is 2.33. The number of methoxy groups -OCH3 is 3. The molecular formula is C49H48F9N7O9. The molecular weight excluding hydrogens is 1000 g/mol. The predicted molar refractivity (Wildman–Crippen MR) is 243 cm³/mol. The van der Waals surface area contributed by atoms with Crippen molar-refractivity contribution in [2.24, 2.45) is 0 Å². The summed E-state index contributed by atoms with van der Waals surface area (Å²) < 4.78 is 145. The van der Waals surface area contributed by atoms with Crippen LogP contribution >= 0.6 is 0 Å². The largest absolute Gasteiger partial charge is 0.473 e. The lowest BCUT2D eigenvalue weighted by Gasteiger charge is -2.14. The number of rotatable bonds is 16. The van der Waals surface area contributed by atoms with Crippen molar-refractivity contribution >= 4 is 17.8 Å². The average Bonchev–Trinajstić information content (AvgIpc) is 3.34.